The summed E-state index contributed by atoms with van der Waals surface area (Å²) in [5.74, 6) is 2.44. The fourth-order valence-electron chi connectivity index (χ4n) is 3.06. The second-order valence-corrected chi connectivity index (χ2v) is 7.13. The number of rotatable bonds is 6. The third kappa shape index (κ3) is 4.02. The molecule has 0 spiro atoms. The van der Waals surface area contributed by atoms with Crippen LogP contribution in [0.5, 0.6) is 0 Å². The highest BCUT2D eigenvalue weighted by molar-refractivity contribution is 7.98. The fraction of sp³-hybridized carbons (Fsp3) is 0.529. The maximum atomic E-state index is 12.6. The standard InChI is InChI=1S/C17H24N4O2S/c1-18-10-13-4-3-8-21(11-13)16(22)15-6-5-14(23-15)12-24-17-19-7-9-20(17)2/h5-7,9,13,18H,3-4,8,10-12H2,1-2H3. The monoisotopic (exact) mass is 348 g/mol. The summed E-state index contributed by atoms with van der Waals surface area (Å²) in [7, 11) is 3.92. The van der Waals surface area contributed by atoms with Gasteiger partial charge in [0.1, 0.15) is 5.76 Å². The highest BCUT2D eigenvalue weighted by atomic mass is 32.2. The number of likely N-dealkylation sites (tertiary alicyclic amines) is 1. The Morgan fingerprint density at radius 3 is 3.12 bits per heavy atom. The van der Waals surface area contributed by atoms with Crippen molar-refractivity contribution in [3.05, 3.63) is 36.0 Å². The average Bonchev–Trinajstić information content (AvgIpc) is 3.22. The number of hydrogen-bond acceptors (Lipinski definition) is 5. The van der Waals surface area contributed by atoms with Crippen molar-refractivity contribution < 1.29 is 9.21 Å². The lowest BCUT2D eigenvalue weighted by Crippen LogP contribution is -2.42. The third-order valence-corrected chi connectivity index (χ3v) is 5.37. The molecule has 6 nitrogen and oxygen atoms in total. The van der Waals surface area contributed by atoms with Crippen LogP contribution < -0.4 is 5.32 Å². The van der Waals surface area contributed by atoms with E-state index in [2.05, 4.69) is 10.3 Å². The minimum Gasteiger partial charge on any atom is -0.455 e. The summed E-state index contributed by atoms with van der Waals surface area (Å²) in [6.45, 7) is 2.57. The molecule has 1 N–H and O–H groups in total. The van der Waals surface area contributed by atoms with Crippen molar-refractivity contribution in [2.75, 3.05) is 26.7 Å². The zero-order valence-corrected chi connectivity index (χ0v) is 15.0. The maximum Gasteiger partial charge on any atom is 0.289 e. The number of imidazole rings is 1. The maximum absolute atomic E-state index is 12.6. The first-order valence-corrected chi connectivity index (χ1v) is 9.28. The predicted octanol–water partition coefficient (Wildman–Crippen LogP) is 2.38. The average molecular weight is 348 g/mol. The molecule has 1 saturated heterocycles. The summed E-state index contributed by atoms with van der Waals surface area (Å²) in [4.78, 5) is 18.8. The molecule has 0 radical (unpaired) electrons. The molecule has 1 unspecified atom stereocenters. The number of piperidine rings is 1. The fourth-order valence-corrected chi connectivity index (χ4v) is 3.88. The summed E-state index contributed by atoms with van der Waals surface area (Å²) < 4.78 is 7.73. The van der Waals surface area contributed by atoms with Crippen molar-refractivity contribution in [3.8, 4) is 0 Å². The topological polar surface area (TPSA) is 63.3 Å². The van der Waals surface area contributed by atoms with E-state index < -0.39 is 0 Å². The Kier molecular flexibility index (Phi) is 5.63. The van der Waals surface area contributed by atoms with Gasteiger partial charge in [-0.15, -0.1) is 0 Å². The molecule has 3 heterocycles. The van der Waals surface area contributed by atoms with Gasteiger partial charge in [0.05, 0.1) is 5.75 Å². The molecule has 130 valence electrons. The zero-order valence-electron chi connectivity index (χ0n) is 14.2. The molecular formula is C17H24N4O2S. The molecule has 0 aliphatic carbocycles. The number of hydrogen-bond donors (Lipinski definition) is 1. The van der Waals surface area contributed by atoms with Gasteiger partial charge in [-0.3, -0.25) is 4.79 Å². The summed E-state index contributed by atoms with van der Waals surface area (Å²) in [6.07, 6.45) is 5.92. The van der Waals surface area contributed by atoms with Crippen molar-refractivity contribution in [3.63, 3.8) is 0 Å². The van der Waals surface area contributed by atoms with E-state index in [1.807, 2.05) is 35.8 Å². The van der Waals surface area contributed by atoms with Gasteiger partial charge >= 0.3 is 0 Å². The van der Waals surface area contributed by atoms with Crippen LogP contribution in [0.1, 0.15) is 29.2 Å². The van der Waals surface area contributed by atoms with E-state index in [9.17, 15) is 4.79 Å². The Morgan fingerprint density at radius 2 is 2.38 bits per heavy atom. The number of nitrogens with zero attached hydrogens (tertiary/aromatic N) is 3. The van der Waals surface area contributed by atoms with E-state index in [0.717, 1.165) is 37.0 Å². The molecule has 0 aromatic carbocycles. The van der Waals surface area contributed by atoms with E-state index in [4.69, 9.17) is 4.42 Å². The van der Waals surface area contributed by atoms with E-state index in [-0.39, 0.29) is 5.91 Å². The van der Waals surface area contributed by atoms with E-state index in [1.165, 1.54) is 6.42 Å². The van der Waals surface area contributed by atoms with Gasteiger partial charge in [-0.1, -0.05) is 11.8 Å². The van der Waals surface area contributed by atoms with Crippen molar-refractivity contribution in [1.29, 1.82) is 0 Å². The minimum atomic E-state index is 0.00375. The Morgan fingerprint density at radius 1 is 1.50 bits per heavy atom. The Labute approximate surface area is 146 Å². The quantitative estimate of drug-likeness (QED) is 0.812. The first kappa shape index (κ1) is 17.1. The van der Waals surface area contributed by atoms with Crippen LogP contribution >= 0.6 is 11.8 Å². The van der Waals surface area contributed by atoms with Gasteiger partial charge < -0.3 is 19.2 Å². The van der Waals surface area contributed by atoms with Gasteiger partial charge in [0, 0.05) is 32.5 Å². The molecule has 2 aromatic heterocycles. The second-order valence-electron chi connectivity index (χ2n) is 6.19. The van der Waals surface area contributed by atoms with Crippen LogP contribution in [0.4, 0.5) is 0 Å². The lowest BCUT2D eigenvalue weighted by atomic mass is 9.98. The van der Waals surface area contributed by atoms with Crippen LogP contribution in [0.2, 0.25) is 0 Å². The highest BCUT2D eigenvalue weighted by Gasteiger charge is 2.25. The van der Waals surface area contributed by atoms with Crippen LogP contribution in [0.25, 0.3) is 0 Å². The summed E-state index contributed by atoms with van der Waals surface area (Å²) in [6, 6.07) is 3.68. The molecule has 0 bridgehead atoms. The molecule has 1 atom stereocenters. The smallest absolute Gasteiger partial charge is 0.289 e. The molecule has 1 amide bonds. The first-order valence-electron chi connectivity index (χ1n) is 8.30. The lowest BCUT2D eigenvalue weighted by molar-refractivity contribution is 0.0641. The van der Waals surface area contributed by atoms with Gasteiger partial charge in [0.25, 0.3) is 5.91 Å². The Balaban J connectivity index is 1.58. The van der Waals surface area contributed by atoms with E-state index in [1.54, 1.807) is 24.0 Å². The molecule has 1 fully saturated rings. The normalized spacial score (nSPS) is 18.1. The number of nitrogens with one attached hydrogen (secondary N) is 1. The molecule has 0 saturated carbocycles. The SMILES string of the molecule is CNCC1CCCN(C(=O)c2ccc(CSc3nccn3C)o2)C1. The van der Waals surface area contributed by atoms with Crippen LogP contribution in [0, 0.1) is 5.92 Å². The Hall–Kier alpha value is -1.73. The zero-order chi connectivity index (χ0) is 16.9. The predicted molar refractivity (Wildman–Crippen MR) is 94.0 cm³/mol. The van der Waals surface area contributed by atoms with Gasteiger partial charge in [0.15, 0.2) is 10.9 Å². The summed E-state index contributed by atoms with van der Waals surface area (Å²) in [5, 5.41) is 4.14. The van der Waals surface area contributed by atoms with Crippen molar-refractivity contribution in [1.82, 2.24) is 19.8 Å². The number of carbonyl (C=O) groups is 1. The Bertz CT molecular complexity index is 680. The number of aryl methyl sites for hydroxylation is 1. The van der Waals surface area contributed by atoms with E-state index >= 15 is 0 Å². The number of amides is 1. The largest absolute Gasteiger partial charge is 0.455 e. The molecule has 7 heteroatoms. The van der Waals surface area contributed by atoms with Crippen molar-refractivity contribution in [2.24, 2.45) is 13.0 Å². The number of aromatic nitrogens is 2. The number of carbonyl (C=O) groups excluding carboxylic acids is 1. The van der Waals surface area contributed by atoms with Gasteiger partial charge in [-0.2, -0.15) is 0 Å². The van der Waals surface area contributed by atoms with Crippen LogP contribution in [0.15, 0.2) is 34.1 Å². The number of thioether (sulfide) groups is 1. The molecule has 1 aliphatic rings. The first-order chi connectivity index (χ1) is 11.7. The molecule has 2 aromatic rings. The lowest BCUT2D eigenvalue weighted by Gasteiger charge is -2.32. The molecule has 24 heavy (non-hydrogen) atoms. The summed E-state index contributed by atoms with van der Waals surface area (Å²) >= 11 is 1.60. The van der Waals surface area contributed by atoms with Gasteiger partial charge in [0.2, 0.25) is 0 Å². The van der Waals surface area contributed by atoms with E-state index in [0.29, 0.717) is 17.4 Å². The second kappa shape index (κ2) is 7.90. The van der Waals surface area contributed by atoms with Gasteiger partial charge in [-0.05, 0) is 44.5 Å². The van der Waals surface area contributed by atoms with Gasteiger partial charge in [-0.25, -0.2) is 4.98 Å². The molecule has 3 rings (SSSR count). The number of furan rings is 1. The minimum absolute atomic E-state index is 0.00375. The highest BCUT2D eigenvalue weighted by Crippen LogP contribution is 2.23. The molecule has 1 aliphatic heterocycles. The third-order valence-electron chi connectivity index (χ3n) is 4.29. The van der Waals surface area contributed by atoms with Crippen molar-refractivity contribution in [2.45, 2.75) is 23.8 Å². The van der Waals surface area contributed by atoms with Crippen LogP contribution in [-0.2, 0) is 12.8 Å². The molecular weight excluding hydrogens is 324 g/mol. The van der Waals surface area contributed by atoms with Crippen molar-refractivity contribution >= 4 is 17.7 Å². The van der Waals surface area contributed by atoms with Crippen LogP contribution in [0.3, 0.4) is 0 Å². The van der Waals surface area contributed by atoms with Crippen LogP contribution in [-0.4, -0.2) is 47.0 Å². The summed E-state index contributed by atoms with van der Waals surface area (Å²) in [5.41, 5.74) is 0.